The molecule has 1 N–H and O–H groups in total. The number of halogens is 1. The molecule has 0 aliphatic rings. The van der Waals surface area contributed by atoms with Crippen LogP contribution in [-0.2, 0) is 4.79 Å². The fourth-order valence-electron chi connectivity index (χ4n) is 1.60. The molecular weight excluding hydrogens is 195 g/mol. The zero-order valence-corrected chi connectivity index (χ0v) is 9.17. The normalized spacial score (nSPS) is 12.5. The topological polar surface area (TPSA) is 37.3 Å². The van der Waals surface area contributed by atoms with Gasteiger partial charge in [-0.3, -0.25) is 4.79 Å². The number of hydrogen-bond donors (Lipinski definition) is 1. The van der Waals surface area contributed by atoms with Crippen LogP contribution in [0.1, 0.15) is 36.0 Å². The van der Waals surface area contributed by atoms with Crippen molar-refractivity contribution in [3.8, 4) is 0 Å². The molecule has 3 heteroatoms. The van der Waals surface area contributed by atoms with E-state index in [1.807, 2.05) is 0 Å². The van der Waals surface area contributed by atoms with E-state index in [0.717, 1.165) is 5.56 Å². The van der Waals surface area contributed by atoms with Crippen molar-refractivity contribution in [2.45, 2.75) is 33.1 Å². The van der Waals surface area contributed by atoms with Crippen LogP contribution in [0.25, 0.3) is 0 Å². The van der Waals surface area contributed by atoms with Crippen molar-refractivity contribution in [3.63, 3.8) is 0 Å². The molecule has 0 fully saturated rings. The van der Waals surface area contributed by atoms with Gasteiger partial charge in [-0.1, -0.05) is 13.0 Å². The van der Waals surface area contributed by atoms with Crippen LogP contribution in [0.5, 0.6) is 0 Å². The summed E-state index contributed by atoms with van der Waals surface area (Å²) in [7, 11) is 0. The summed E-state index contributed by atoms with van der Waals surface area (Å²) in [4.78, 5) is 10.9. The molecule has 0 saturated heterocycles. The van der Waals surface area contributed by atoms with Gasteiger partial charge in [-0.15, -0.1) is 0 Å². The van der Waals surface area contributed by atoms with E-state index in [4.69, 9.17) is 5.11 Å². The van der Waals surface area contributed by atoms with Gasteiger partial charge in [0.1, 0.15) is 5.82 Å². The van der Waals surface area contributed by atoms with Crippen LogP contribution in [0.3, 0.4) is 0 Å². The molecule has 1 aromatic rings. The zero-order valence-electron chi connectivity index (χ0n) is 9.17. The van der Waals surface area contributed by atoms with Gasteiger partial charge < -0.3 is 5.11 Å². The van der Waals surface area contributed by atoms with E-state index in [-0.39, 0.29) is 5.82 Å². The molecule has 1 atom stereocenters. The Balaban J connectivity index is 3.20. The van der Waals surface area contributed by atoms with E-state index in [1.165, 1.54) is 6.07 Å². The molecule has 15 heavy (non-hydrogen) atoms. The second-order valence-electron chi connectivity index (χ2n) is 3.74. The van der Waals surface area contributed by atoms with E-state index in [2.05, 4.69) is 0 Å². The van der Waals surface area contributed by atoms with Gasteiger partial charge >= 0.3 is 5.97 Å². The minimum atomic E-state index is -0.903. The molecule has 1 aromatic carbocycles. The summed E-state index contributed by atoms with van der Waals surface area (Å²) in [6.07, 6.45) is 0.470. The lowest BCUT2D eigenvalue weighted by Gasteiger charge is -2.12. The number of aliphatic carboxylic acids is 1. The fourth-order valence-corrected chi connectivity index (χ4v) is 1.60. The molecule has 0 saturated carbocycles. The Bertz CT molecular complexity index is 362. The molecule has 0 radical (unpaired) electrons. The quantitative estimate of drug-likeness (QED) is 0.832. The van der Waals surface area contributed by atoms with Crippen molar-refractivity contribution in [1.82, 2.24) is 0 Å². The fraction of sp³-hybridized carbons (Fsp3) is 0.417. The maximum absolute atomic E-state index is 13.4. The third-order valence-electron chi connectivity index (χ3n) is 2.74. The Morgan fingerprint density at radius 1 is 1.47 bits per heavy atom. The van der Waals surface area contributed by atoms with Gasteiger partial charge in [0.05, 0.1) is 5.92 Å². The first-order chi connectivity index (χ1) is 6.97. The van der Waals surface area contributed by atoms with Crippen LogP contribution >= 0.6 is 0 Å². The summed E-state index contributed by atoms with van der Waals surface area (Å²) < 4.78 is 13.4. The number of rotatable bonds is 3. The smallest absolute Gasteiger partial charge is 0.310 e. The summed E-state index contributed by atoms with van der Waals surface area (Å²) in [6.45, 7) is 5.26. The monoisotopic (exact) mass is 210 g/mol. The van der Waals surface area contributed by atoms with Crippen LogP contribution in [0.15, 0.2) is 12.1 Å². The molecule has 1 unspecified atom stereocenters. The van der Waals surface area contributed by atoms with Gasteiger partial charge in [0.2, 0.25) is 0 Å². The van der Waals surface area contributed by atoms with Crippen LogP contribution in [0, 0.1) is 19.7 Å². The lowest BCUT2D eigenvalue weighted by atomic mass is 9.93. The number of hydrogen-bond acceptors (Lipinski definition) is 1. The Morgan fingerprint density at radius 2 is 2.07 bits per heavy atom. The van der Waals surface area contributed by atoms with E-state index in [0.29, 0.717) is 17.5 Å². The number of carboxylic acid groups (broad SMARTS) is 1. The average Bonchev–Trinajstić information content (AvgIpc) is 2.14. The van der Waals surface area contributed by atoms with Crippen LogP contribution in [0.2, 0.25) is 0 Å². The number of benzene rings is 1. The van der Waals surface area contributed by atoms with Gasteiger partial charge in [-0.05, 0) is 43.0 Å². The molecule has 0 aliphatic heterocycles. The maximum Gasteiger partial charge on any atom is 0.310 e. The Labute approximate surface area is 88.7 Å². The third-order valence-corrected chi connectivity index (χ3v) is 2.74. The highest BCUT2D eigenvalue weighted by atomic mass is 19.1. The predicted molar refractivity (Wildman–Crippen MR) is 56.5 cm³/mol. The third kappa shape index (κ3) is 2.35. The van der Waals surface area contributed by atoms with Crippen molar-refractivity contribution >= 4 is 5.97 Å². The summed E-state index contributed by atoms with van der Waals surface area (Å²) in [5.74, 6) is -1.84. The summed E-state index contributed by atoms with van der Waals surface area (Å²) in [5.41, 5.74) is 1.93. The van der Waals surface area contributed by atoms with Crippen molar-refractivity contribution in [2.75, 3.05) is 0 Å². The number of carboxylic acids is 1. The van der Waals surface area contributed by atoms with Crippen molar-refractivity contribution in [3.05, 3.63) is 34.6 Å². The molecule has 2 nitrogen and oxygen atoms in total. The van der Waals surface area contributed by atoms with Gasteiger partial charge in [-0.2, -0.15) is 0 Å². The molecule has 0 heterocycles. The Kier molecular flexibility index (Phi) is 3.45. The molecule has 82 valence electrons. The van der Waals surface area contributed by atoms with Crippen molar-refractivity contribution < 1.29 is 14.3 Å². The van der Waals surface area contributed by atoms with Gasteiger partial charge in [0.25, 0.3) is 0 Å². The van der Waals surface area contributed by atoms with Crippen LogP contribution in [0.4, 0.5) is 4.39 Å². The molecular formula is C12H15FO2. The Hall–Kier alpha value is -1.38. The summed E-state index contributed by atoms with van der Waals surface area (Å²) in [5, 5.41) is 8.96. The highest BCUT2D eigenvalue weighted by Gasteiger charge is 2.19. The standard InChI is InChI=1S/C12H15FO2/c1-4-10(12(14)15)9-5-7(2)8(3)11(13)6-9/h5-6,10H,4H2,1-3H3,(H,14,15). The first-order valence-electron chi connectivity index (χ1n) is 4.96. The van der Waals surface area contributed by atoms with Crippen LogP contribution in [-0.4, -0.2) is 11.1 Å². The first kappa shape index (κ1) is 11.7. The summed E-state index contributed by atoms with van der Waals surface area (Å²) in [6, 6.07) is 3.07. The van der Waals surface area contributed by atoms with E-state index < -0.39 is 11.9 Å². The van der Waals surface area contributed by atoms with E-state index in [1.54, 1.807) is 26.8 Å². The molecule has 0 amide bonds. The van der Waals surface area contributed by atoms with Gasteiger partial charge in [0, 0.05) is 0 Å². The molecule has 0 bridgehead atoms. The highest BCUT2D eigenvalue weighted by Crippen LogP contribution is 2.24. The van der Waals surface area contributed by atoms with Crippen LogP contribution < -0.4 is 0 Å². The maximum atomic E-state index is 13.4. The molecule has 0 aliphatic carbocycles. The second kappa shape index (κ2) is 4.43. The highest BCUT2D eigenvalue weighted by molar-refractivity contribution is 5.76. The lowest BCUT2D eigenvalue weighted by molar-refractivity contribution is -0.138. The molecule has 0 aromatic heterocycles. The number of carbonyl (C=O) groups is 1. The molecule has 0 spiro atoms. The summed E-state index contributed by atoms with van der Waals surface area (Å²) >= 11 is 0. The largest absolute Gasteiger partial charge is 0.481 e. The first-order valence-corrected chi connectivity index (χ1v) is 4.96. The van der Waals surface area contributed by atoms with Crippen molar-refractivity contribution in [2.24, 2.45) is 0 Å². The van der Waals surface area contributed by atoms with Crippen molar-refractivity contribution in [1.29, 1.82) is 0 Å². The minimum Gasteiger partial charge on any atom is -0.481 e. The predicted octanol–water partition coefficient (Wildman–Crippen LogP) is 3.02. The number of aryl methyl sites for hydroxylation is 1. The minimum absolute atomic E-state index is 0.329. The SMILES string of the molecule is CCC(C(=O)O)c1cc(C)c(C)c(F)c1. The lowest BCUT2D eigenvalue weighted by Crippen LogP contribution is -2.11. The molecule has 1 rings (SSSR count). The average molecular weight is 210 g/mol. The Morgan fingerprint density at radius 3 is 2.47 bits per heavy atom. The zero-order chi connectivity index (χ0) is 11.6. The second-order valence-corrected chi connectivity index (χ2v) is 3.74. The van der Waals surface area contributed by atoms with E-state index in [9.17, 15) is 9.18 Å². The van der Waals surface area contributed by atoms with E-state index >= 15 is 0 Å². The van der Waals surface area contributed by atoms with Gasteiger partial charge in [-0.25, -0.2) is 4.39 Å². The van der Waals surface area contributed by atoms with Gasteiger partial charge in [0.15, 0.2) is 0 Å².